The summed E-state index contributed by atoms with van der Waals surface area (Å²) in [5, 5.41) is 17.3. The molecule has 1 aliphatic heterocycles. The third-order valence-corrected chi connectivity index (χ3v) is 4.89. The summed E-state index contributed by atoms with van der Waals surface area (Å²) in [7, 11) is 0. The van der Waals surface area contributed by atoms with Gasteiger partial charge in [0.05, 0.1) is 17.2 Å². The third-order valence-electron chi connectivity index (χ3n) is 4.89. The van der Waals surface area contributed by atoms with Crippen LogP contribution in [-0.2, 0) is 0 Å². The Balaban J connectivity index is 1.75. The molecule has 1 heterocycles. The van der Waals surface area contributed by atoms with Crippen molar-refractivity contribution in [3.63, 3.8) is 0 Å². The molecule has 30 heavy (non-hydrogen) atoms. The lowest BCUT2D eigenvalue weighted by molar-refractivity contribution is 0.0949. The van der Waals surface area contributed by atoms with Gasteiger partial charge in [-0.3, -0.25) is 4.79 Å². The number of nitrogens with one attached hydrogen (secondary N) is 3. The van der Waals surface area contributed by atoms with Crippen LogP contribution < -0.4 is 20.9 Å². The van der Waals surface area contributed by atoms with Crippen molar-refractivity contribution in [2.45, 2.75) is 26.7 Å². The second-order valence-electron chi connectivity index (χ2n) is 7.80. The van der Waals surface area contributed by atoms with Gasteiger partial charge < -0.3 is 20.9 Å². The van der Waals surface area contributed by atoms with Crippen LogP contribution in [-0.4, -0.2) is 31.6 Å². The zero-order valence-electron chi connectivity index (χ0n) is 17.4. The molecule has 0 aliphatic carbocycles. The Labute approximate surface area is 177 Å². The van der Waals surface area contributed by atoms with E-state index >= 15 is 0 Å². The fourth-order valence-electron chi connectivity index (χ4n) is 3.34. The molecule has 3 N–H and O–H groups in total. The molecule has 0 radical (unpaired) electrons. The van der Waals surface area contributed by atoms with E-state index in [0.717, 1.165) is 31.6 Å². The van der Waals surface area contributed by atoms with Crippen molar-refractivity contribution in [2.75, 3.05) is 35.2 Å². The molecule has 1 aliphatic rings. The van der Waals surface area contributed by atoms with Gasteiger partial charge in [0.1, 0.15) is 0 Å². The number of amides is 3. The van der Waals surface area contributed by atoms with Gasteiger partial charge >= 0.3 is 6.03 Å². The van der Waals surface area contributed by atoms with Gasteiger partial charge in [0, 0.05) is 36.7 Å². The van der Waals surface area contributed by atoms with E-state index in [2.05, 4.69) is 20.9 Å². The molecule has 0 saturated carbocycles. The Kier molecular flexibility index (Phi) is 6.91. The van der Waals surface area contributed by atoms with Gasteiger partial charge in [-0.05, 0) is 61.2 Å². The van der Waals surface area contributed by atoms with Crippen LogP contribution in [0.4, 0.5) is 21.9 Å². The Bertz CT molecular complexity index is 941. The van der Waals surface area contributed by atoms with E-state index in [4.69, 9.17) is 5.26 Å². The highest BCUT2D eigenvalue weighted by Crippen LogP contribution is 2.27. The highest BCUT2D eigenvalue weighted by Gasteiger charge is 2.20. The molecule has 3 amide bonds. The normalized spacial score (nSPS) is 13.1. The Hall–Kier alpha value is -3.53. The number of carbonyl (C=O) groups excluding carboxylic acids is 2. The Morgan fingerprint density at radius 1 is 1.03 bits per heavy atom. The number of benzene rings is 2. The lowest BCUT2D eigenvalue weighted by atomic mass is 10.1. The molecule has 1 fully saturated rings. The SMILES string of the molecule is CC(C)CNC(=O)c1cc(NC(=O)Nc2ccc(C#N)cc2)ccc1N1CCCC1. The minimum atomic E-state index is -0.415. The third kappa shape index (κ3) is 5.51. The number of nitriles is 1. The van der Waals surface area contributed by atoms with Crippen LogP contribution in [0.25, 0.3) is 0 Å². The second kappa shape index (κ2) is 9.79. The molecule has 0 unspecified atom stereocenters. The van der Waals surface area contributed by atoms with E-state index < -0.39 is 6.03 Å². The maximum atomic E-state index is 12.8. The zero-order valence-corrected chi connectivity index (χ0v) is 17.4. The first-order valence-corrected chi connectivity index (χ1v) is 10.2. The second-order valence-corrected chi connectivity index (χ2v) is 7.80. The zero-order chi connectivity index (χ0) is 21.5. The molecule has 2 aromatic carbocycles. The molecule has 7 nitrogen and oxygen atoms in total. The maximum Gasteiger partial charge on any atom is 0.323 e. The Morgan fingerprint density at radius 3 is 2.30 bits per heavy atom. The summed E-state index contributed by atoms with van der Waals surface area (Å²) in [6.45, 7) is 6.54. The highest BCUT2D eigenvalue weighted by molar-refractivity contribution is 6.04. The molecule has 2 aromatic rings. The van der Waals surface area contributed by atoms with Crippen molar-refractivity contribution in [1.29, 1.82) is 5.26 Å². The molecule has 0 aromatic heterocycles. The van der Waals surface area contributed by atoms with Gasteiger partial charge in [0.15, 0.2) is 0 Å². The monoisotopic (exact) mass is 405 g/mol. The van der Waals surface area contributed by atoms with Crippen LogP contribution in [0.15, 0.2) is 42.5 Å². The molecule has 0 atom stereocenters. The fraction of sp³-hybridized carbons (Fsp3) is 0.348. The summed E-state index contributed by atoms with van der Waals surface area (Å²) in [5.74, 6) is 0.213. The first kappa shape index (κ1) is 21.2. The number of carbonyl (C=O) groups is 2. The first-order valence-electron chi connectivity index (χ1n) is 10.2. The van der Waals surface area contributed by atoms with Crippen LogP contribution >= 0.6 is 0 Å². The minimum Gasteiger partial charge on any atom is -0.371 e. The quantitative estimate of drug-likeness (QED) is 0.671. The van der Waals surface area contributed by atoms with Crippen molar-refractivity contribution in [2.24, 2.45) is 5.92 Å². The standard InChI is InChI=1S/C23H27N5O2/c1-16(2)15-25-22(29)20-13-19(9-10-21(20)28-11-3-4-12-28)27-23(30)26-18-7-5-17(14-24)6-8-18/h5-10,13,16H,3-4,11-12,15H2,1-2H3,(H,25,29)(H2,26,27,30). The summed E-state index contributed by atoms with van der Waals surface area (Å²) in [6, 6.07) is 13.7. The molecule has 3 rings (SSSR count). The van der Waals surface area contributed by atoms with E-state index in [1.54, 1.807) is 30.3 Å². The number of hydrogen-bond acceptors (Lipinski definition) is 4. The molecular formula is C23H27N5O2. The summed E-state index contributed by atoms with van der Waals surface area (Å²) >= 11 is 0. The maximum absolute atomic E-state index is 12.8. The van der Waals surface area contributed by atoms with E-state index in [9.17, 15) is 9.59 Å². The van der Waals surface area contributed by atoms with Gasteiger partial charge in [-0.2, -0.15) is 5.26 Å². The van der Waals surface area contributed by atoms with Crippen LogP contribution in [0.3, 0.4) is 0 Å². The number of hydrogen-bond donors (Lipinski definition) is 3. The smallest absolute Gasteiger partial charge is 0.323 e. The van der Waals surface area contributed by atoms with E-state index in [1.165, 1.54) is 0 Å². The summed E-state index contributed by atoms with van der Waals surface area (Å²) < 4.78 is 0. The predicted molar refractivity (Wildman–Crippen MR) is 119 cm³/mol. The molecular weight excluding hydrogens is 378 g/mol. The fourth-order valence-corrected chi connectivity index (χ4v) is 3.34. The summed E-state index contributed by atoms with van der Waals surface area (Å²) in [4.78, 5) is 27.4. The van der Waals surface area contributed by atoms with E-state index in [-0.39, 0.29) is 5.91 Å². The van der Waals surface area contributed by atoms with Crippen molar-refractivity contribution in [3.8, 4) is 6.07 Å². The van der Waals surface area contributed by atoms with Crippen molar-refractivity contribution < 1.29 is 9.59 Å². The molecule has 1 saturated heterocycles. The van der Waals surface area contributed by atoms with Gasteiger partial charge in [-0.25, -0.2) is 4.79 Å². The highest BCUT2D eigenvalue weighted by atomic mass is 16.2. The largest absolute Gasteiger partial charge is 0.371 e. The lowest BCUT2D eigenvalue weighted by Gasteiger charge is -2.22. The number of rotatable bonds is 6. The van der Waals surface area contributed by atoms with Gasteiger partial charge in [-0.1, -0.05) is 13.8 Å². The van der Waals surface area contributed by atoms with Crippen LogP contribution in [0.1, 0.15) is 42.6 Å². The number of anilines is 3. The van der Waals surface area contributed by atoms with Gasteiger partial charge in [0.2, 0.25) is 0 Å². The topological polar surface area (TPSA) is 97.3 Å². The average Bonchev–Trinajstić information content (AvgIpc) is 3.27. The van der Waals surface area contributed by atoms with Crippen molar-refractivity contribution in [1.82, 2.24) is 5.32 Å². The molecule has 0 bridgehead atoms. The number of nitrogens with zero attached hydrogens (tertiary/aromatic N) is 2. The number of urea groups is 1. The molecule has 156 valence electrons. The first-order chi connectivity index (χ1) is 14.5. The lowest BCUT2D eigenvalue weighted by Crippen LogP contribution is -2.30. The predicted octanol–water partition coefficient (Wildman–Crippen LogP) is 4.19. The average molecular weight is 406 g/mol. The van der Waals surface area contributed by atoms with Gasteiger partial charge in [-0.15, -0.1) is 0 Å². The van der Waals surface area contributed by atoms with E-state index in [0.29, 0.717) is 35.0 Å². The van der Waals surface area contributed by atoms with Crippen LogP contribution in [0.5, 0.6) is 0 Å². The summed E-state index contributed by atoms with van der Waals surface area (Å²) in [6.07, 6.45) is 2.22. The molecule has 7 heteroatoms. The van der Waals surface area contributed by atoms with Crippen molar-refractivity contribution in [3.05, 3.63) is 53.6 Å². The summed E-state index contributed by atoms with van der Waals surface area (Å²) in [5.41, 5.74) is 3.10. The minimum absolute atomic E-state index is 0.137. The van der Waals surface area contributed by atoms with Crippen LogP contribution in [0.2, 0.25) is 0 Å². The Morgan fingerprint density at radius 2 is 1.67 bits per heavy atom. The van der Waals surface area contributed by atoms with Crippen LogP contribution in [0, 0.1) is 17.2 Å². The van der Waals surface area contributed by atoms with Gasteiger partial charge in [0.25, 0.3) is 5.91 Å². The van der Waals surface area contributed by atoms with Crippen molar-refractivity contribution >= 4 is 29.0 Å². The molecule has 0 spiro atoms. The van der Waals surface area contributed by atoms with E-state index in [1.807, 2.05) is 32.0 Å².